The number of nitrogens with two attached hydrogens (primary N) is 1. The number of piperidine rings is 1. The topological polar surface area (TPSA) is 91.1 Å². The maximum absolute atomic E-state index is 12.3. The van der Waals surface area contributed by atoms with Crippen LogP contribution in [-0.2, 0) is 20.7 Å². The second-order valence-electron chi connectivity index (χ2n) is 7.05. The fourth-order valence-corrected chi connectivity index (χ4v) is 3.55. The predicted molar refractivity (Wildman–Crippen MR) is 90.2 cm³/mol. The summed E-state index contributed by atoms with van der Waals surface area (Å²) < 4.78 is 15.8. The van der Waals surface area contributed by atoms with Gasteiger partial charge in [-0.05, 0) is 42.4 Å². The molecule has 1 atom stereocenters. The molecule has 136 valence electrons. The second-order valence-corrected chi connectivity index (χ2v) is 7.05. The average molecular weight is 348 g/mol. The number of rotatable bonds is 6. The molecule has 7 heteroatoms. The standard InChI is InChI=1S/C18H24N2O5/c1-18(8-13-3-4-14-15(7-13)25-12-24-14)5-2-6-20(11-18)17(22)10-23-9-16(19)21/h3-4,7H,2,5-6,8-12H2,1H3,(H2,19,21). The summed E-state index contributed by atoms with van der Waals surface area (Å²) in [5.41, 5.74) is 6.18. The quantitative estimate of drug-likeness (QED) is 0.831. The zero-order valence-electron chi connectivity index (χ0n) is 14.5. The minimum Gasteiger partial charge on any atom is -0.454 e. The first-order valence-corrected chi connectivity index (χ1v) is 8.48. The molecule has 1 saturated heterocycles. The Morgan fingerprint density at radius 1 is 1.28 bits per heavy atom. The van der Waals surface area contributed by atoms with Crippen LogP contribution in [0.15, 0.2) is 18.2 Å². The number of likely N-dealkylation sites (tertiary alicyclic amines) is 1. The van der Waals surface area contributed by atoms with Crippen molar-refractivity contribution in [3.8, 4) is 11.5 Å². The maximum atomic E-state index is 12.3. The van der Waals surface area contributed by atoms with Gasteiger partial charge in [-0.3, -0.25) is 9.59 Å². The lowest BCUT2D eigenvalue weighted by atomic mass is 9.77. The van der Waals surface area contributed by atoms with Crippen LogP contribution in [0, 0.1) is 5.41 Å². The van der Waals surface area contributed by atoms with Gasteiger partial charge in [0.1, 0.15) is 13.2 Å². The Morgan fingerprint density at radius 2 is 2.08 bits per heavy atom. The minimum absolute atomic E-state index is 0.00864. The van der Waals surface area contributed by atoms with E-state index >= 15 is 0 Å². The van der Waals surface area contributed by atoms with Crippen molar-refractivity contribution in [2.75, 3.05) is 33.1 Å². The van der Waals surface area contributed by atoms with E-state index in [4.69, 9.17) is 19.9 Å². The molecule has 1 aromatic carbocycles. The summed E-state index contributed by atoms with van der Waals surface area (Å²) in [6.07, 6.45) is 2.85. The fourth-order valence-electron chi connectivity index (χ4n) is 3.55. The number of ether oxygens (including phenoxy) is 3. The molecule has 1 unspecified atom stereocenters. The van der Waals surface area contributed by atoms with Crippen molar-refractivity contribution in [1.29, 1.82) is 0 Å². The molecule has 2 N–H and O–H groups in total. The Kier molecular flexibility index (Phi) is 5.13. The van der Waals surface area contributed by atoms with E-state index in [0.29, 0.717) is 6.54 Å². The van der Waals surface area contributed by atoms with Crippen LogP contribution in [0.25, 0.3) is 0 Å². The molecule has 0 aromatic heterocycles. The van der Waals surface area contributed by atoms with Crippen molar-refractivity contribution in [3.05, 3.63) is 23.8 Å². The summed E-state index contributed by atoms with van der Waals surface area (Å²) >= 11 is 0. The molecule has 2 amide bonds. The largest absolute Gasteiger partial charge is 0.454 e. The van der Waals surface area contributed by atoms with E-state index in [1.54, 1.807) is 0 Å². The van der Waals surface area contributed by atoms with Crippen molar-refractivity contribution in [2.24, 2.45) is 11.1 Å². The van der Waals surface area contributed by atoms with E-state index < -0.39 is 5.91 Å². The van der Waals surface area contributed by atoms with Gasteiger partial charge in [-0.15, -0.1) is 0 Å². The van der Waals surface area contributed by atoms with Gasteiger partial charge in [-0.2, -0.15) is 0 Å². The number of carbonyl (C=O) groups excluding carboxylic acids is 2. The summed E-state index contributed by atoms with van der Waals surface area (Å²) in [5.74, 6) is 0.891. The molecular formula is C18H24N2O5. The van der Waals surface area contributed by atoms with Gasteiger partial charge >= 0.3 is 0 Å². The third-order valence-electron chi connectivity index (χ3n) is 4.67. The molecule has 0 saturated carbocycles. The van der Waals surface area contributed by atoms with Gasteiger partial charge in [0.15, 0.2) is 11.5 Å². The smallest absolute Gasteiger partial charge is 0.248 e. The van der Waals surface area contributed by atoms with Crippen molar-refractivity contribution in [2.45, 2.75) is 26.2 Å². The summed E-state index contributed by atoms with van der Waals surface area (Å²) in [6.45, 7) is 3.51. The molecule has 2 aliphatic heterocycles. The van der Waals surface area contributed by atoms with Gasteiger partial charge in [0, 0.05) is 13.1 Å². The Hall–Kier alpha value is -2.28. The molecular weight excluding hydrogens is 324 g/mol. The van der Waals surface area contributed by atoms with Crippen LogP contribution < -0.4 is 15.2 Å². The van der Waals surface area contributed by atoms with Crippen molar-refractivity contribution >= 4 is 11.8 Å². The monoisotopic (exact) mass is 348 g/mol. The molecule has 0 bridgehead atoms. The number of nitrogens with zero attached hydrogens (tertiary/aromatic N) is 1. The van der Waals surface area contributed by atoms with E-state index in [-0.39, 0.29) is 31.3 Å². The highest BCUT2D eigenvalue weighted by Crippen LogP contribution is 2.37. The van der Waals surface area contributed by atoms with Gasteiger partial charge < -0.3 is 24.8 Å². The van der Waals surface area contributed by atoms with Crippen LogP contribution in [0.3, 0.4) is 0 Å². The fraction of sp³-hybridized carbons (Fsp3) is 0.556. The highest BCUT2D eigenvalue weighted by molar-refractivity contribution is 5.79. The van der Waals surface area contributed by atoms with E-state index in [2.05, 4.69) is 13.0 Å². The molecule has 0 spiro atoms. The molecule has 0 aliphatic carbocycles. The van der Waals surface area contributed by atoms with Crippen LogP contribution >= 0.6 is 0 Å². The maximum Gasteiger partial charge on any atom is 0.248 e. The average Bonchev–Trinajstić information content (AvgIpc) is 3.01. The van der Waals surface area contributed by atoms with E-state index in [0.717, 1.165) is 37.3 Å². The van der Waals surface area contributed by atoms with Crippen LogP contribution in [0.5, 0.6) is 11.5 Å². The Morgan fingerprint density at radius 3 is 2.88 bits per heavy atom. The zero-order valence-corrected chi connectivity index (χ0v) is 14.5. The van der Waals surface area contributed by atoms with Crippen LogP contribution in [0.2, 0.25) is 0 Å². The molecule has 0 radical (unpaired) electrons. The molecule has 2 heterocycles. The molecule has 7 nitrogen and oxygen atoms in total. The van der Waals surface area contributed by atoms with E-state index in [9.17, 15) is 9.59 Å². The molecule has 1 fully saturated rings. The van der Waals surface area contributed by atoms with Crippen LogP contribution in [0.4, 0.5) is 0 Å². The third kappa shape index (κ3) is 4.42. The summed E-state index contributed by atoms with van der Waals surface area (Å²) in [6, 6.07) is 6.00. The molecule has 2 aliphatic rings. The summed E-state index contributed by atoms with van der Waals surface area (Å²) in [5, 5.41) is 0. The van der Waals surface area contributed by atoms with Crippen LogP contribution in [-0.4, -0.2) is 49.8 Å². The van der Waals surface area contributed by atoms with Crippen molar-refractivity contribution in [3.63, 3.8) is 0 Å². The van der Waals surface area contributed by atoms with E-state index in [1.165, 1.54) is 5.56 Å². The lowest BCUT2D eigenvalue weighted by molar-refractivity contribution is -0.140. The Balaban J connectivity index is 1.59. The minimum atomic E-state index is -0.570. The zero-order chi connectivity index (χ0) is 17.9. The van der Waals surface area contributed by atoms with Gasteiger partial charge in [-0.25, -0.2) is 0 Å². The SMILES string of the molecule is CC1(Cc2ccc3c(c2)OCO3)CCCN(C(=O)COCC(N)=O)C1. The third-order valence-corrected chi connectivity index (χ3v) is 4.67. The summed E-state index contributed by atoms with van der Waals surface area (Å²) in [7, 11) is 0. The Bertz CT molecular complexity index is 663. The van der Waals surface area contributed by atoms with Gasteiger partial charge in [0.2, 0.25) is 18.6 Å². The first-order chi connectivity index (χ1) is 12.0. The van der Waals surface area contributed by atoms with Crippen LogP contribution in [0.1, 0.15) is 25.3 Å². The number of primary amides is 1. The number of fused-ring (bicyclic) bond motifs is 1. The number of carbonyl (C=O) groups is 2. The lowest BCUT2D eigenvalue weighted by Crippen LogP contribution is -2.47. The van der Waals surface area contributed by atoms with Gasteiger partial charge in [0.25, 0.3) is 0 Å². The number of benzene rings is 1. The number of amides is 2. The first-order valence-electron chi connectivity index (χ1n) is 8.48. The predicted octanol–water partition coefficient (Wildman–Crippen LogP) is 1.09. The summed E-state index contributed by atoms with van der Waals surface area (Å²) in [4.78, 5) is 24.8. The molecule has 3 rings (SSSR count). The van der Waals surface area contributed by atoms with Gasteiger partial charge in [0.05, 0.1) is 0 Å². The first kappa shape index (κ1) is 17.5. The van der Waals surface area contributed by atoms with E-state index in [1.807, 2.05) is 17.0 Å². The van der Waals surface area contributed by atoms with Crippen molar-refractivity contribution in [1.82, 2.24) is 4.90 Å². The van der Waals surface area contributed by atoms with Crippen molar-refractivity contribution < 1.29 is 23.8 Å². The lowest BCUT2D eigenvalue weighted by Gasteiger charge is -2.40. The molecule has 25 heavy (non-hydrogen) atoms. The highest BCUT2D eigenvalue weighted by Gasteiger charge is 2.33. The molecule has 1 aromatic rings. The number of hydrogen-bond donors (Lipinski definition) is 1. The second kappa shape index (κ2) is 7.31. The van der Waals surface area contributed by atoms with Gasteiger partial charge in [-0.1, -0.05) is 13.0 Å². The highest BCUT2D eigenvalue weighted by atomic mass is 16.7. The normalized spacial score (nSPS) is 22.0. The Labute approximate surface area is 147 Å². The number of hydrogen-bond acceptors (Lipinski definition) is 5.